The molecule has 3 heteroatoms. The minimum atomic E-state index is 0.243. The molecule has 0 heterocycles. The monoisotopic (exact) mass is 290 g/mol. The van der Waals surface area contributed by atoms with Gasteiger partial charge in [-0.1, -0.05) is 6.07 Å². The van der Waals surface area contributed by atoms with Gasteiger partial charge in [0, 0.05) is 0 Å². The zero-order valence-electron chi connectivity index (χ0n) is 7.16. The van der Waals surface area contributed by atoms with Crippen LogP contribution in [-0.4, -0.2) is 11.7 Å². The summed E-state index contributed by atoms with van der Waals surface area (Å²) in [4.78, 5) is 0. The molecule has 2 rings (SSSR count). The second-order valence-corrected chi connectivity index (χ2v) is 4.50. The summed E-state index contributed by atoms with van der Waals surface area (Å²) in [6, 6.07) is 5.41. The molecule has 0 aliphatic heterocycles. The standard InChI is InChI=1S/C10H11IO2/c11-8-2-1-3-9(12)10(8)13-6-7-4-5-7/h1-3,7,12H,4-6H2. The molecule has 0 atom stereocenters. The van der Waals surface area contributed by atoms with Gasteiger partial charge in [-0.25, -0.2) is 0 Å². The molecule has 0 unspecified atom stereocenters. The van der Waals surface area contributed by atoms with Gasteiger partial charge in [-0.2, -0.15) is 0 Å². The maximum atomic E-state index is 9.49. The number of benzene rings is 1. The van der Waals surface area contributed by atoms with Gasteiger partial charge in [0.15, 0.2) is 11.5 Å². The lowest BCUT2D eigenvalue weighted by Crippen LogP contribution is -2.00. The fraction of sp³-hybridized carbons (Fsp3) is 0.400. The lowest BCUT2D eigenvalue weighted by molar-refractivity contribution is 0.282. The van der Waals surface area contributed by atoms with Crippen LogP contribution in [0, 0.1) is 9.49 Å². The van der Waals surface area contributed by atoms with Gasteiger partial charge in [-0.3, -0.25) is 0 Å². The fourth-order valence-electron chi connectivity index (χ4n) is 1.13. The smallest absolute Gasteiger partial charge is 0.174 e. The minimum absolute atomic E-state index is 0.243. The molecule has 1 aliphatic rings. The Morgan fingerprint density at radius 1 is 1.46 bits per heavy atom. The molecule has 0 aromatic heterocycles. The molecular formula is C10H11IO2. The van der Waals surface area contributed by atoms with Gasteiger partial charge < -0.3 is 9.84 Å². The van der Waals surface area contributed by atoms with Crippen molar-refractivity contribution in [2.75, 3.05) is 6.61 Å². The molecular weight excluding hydrogens is 279 g/mol. The molecule has 0 spiro atoms. The second kappa shape index (κ2) is 3.74. The Labute approximate surface area is 91.1 Å². The normalized spacial score (nSPS) is 15.8. The molecule has 1 fully saturated rings. The van der Waals surface area contributed by atoms with Crippen LogP contribution in [-0.2, 0) is 0 Å². The average Bonchev–Trinajstić information content (AvgIpc) is 2.87. The third kappa shape index (κ3) is 2.27. The Morgan fingerprint density at radius 3 is 2.85 bits per heavy atom. The summed E-state index contributed by atoms with van der Waals surface area (Å²) >= 11 is 2.17. The number of para-hydroxylation sites is 1. The third-order valence-electron chi connectivity index (χ3n) is 2.11. The van der Waals surface area contributed by atoms with E-state index in [4.69, 9.17) is 4.74 Å². The van der Waals surface area contributed by atoms with Crippen molar-refractivity contribution in [3.8, 4) is 11.5 Å². The first-order valence-electron chi connectivity index (χ1n) is 4.37. The quantitative estimate of drug-likeness (QED) is 0.867. The highest BCUT2D eigenvalue weighted by molar-refractivity contribution is 14.1. The molecule has 0 amide bonds. The summed E-state index contributed by atoms with van der Waals surface area (Å²) < 4.78 is 6.50. The summed E-state index contributed by atoms with van der Waals surface area (Å²) in [5.41, 5.74) is 0. The van der Waals surface area contributed by atoms with E-state index in [1.54, 1.807) is 6.07 Å². The summed E-state index contributed by atoms with van der Waals surface area (Å²) in [6.07, 6.45) is 2.54. The first-order chi connectivity index (χ1) is 6.27. The van der Waals surface area contributed by atoms with E-state index in [-0.39, 0.29) is 5.75 Å². The van der Waals surface area contributed by atoms with Crippen LogP contribution < -0.4 is 4.74 Å². The maximum Gasteiger partial charge on any atom is 0.174 e. The van der Waals surface area contributed by atoms with E-state index in [0.717, 1.165) is 16.1 Å². The van der Waals surface area contributed by atoms with E-state index in [2.05, 4.69) is 22.6 Å². The predicted molar refractivity (Wildman–Crippen MR) is 59.0 cm³/mol. The Morgan fingerprint density at radius 2 is 2.23 bits per heavy atom. The van der Waals surface area contributed by atoms with E-state index < -0.39 is 0 Å². The largest absolute Gasteiger partial charge is 0.504 e. The van der Waals surface area contributed by atoms with Crippen LogP contribution in [0.3, 0.4) is 0 Å². The Bertz CT molecular complexity index is 288. The van der Waals surface area contributed by atoms with Gasteiger partial charge >= 0.3 is 0 Å². The zero-order chi connectivity index (χ0) is 9.26. The first kappa shape index (κ1) is 9.12. The van der Waals surface area contributed by atoms with Gasteiger partial charge in [-0.15, -0.1) is 0 Å². The SMILES string of the molecule is Oc1cccc(I)c1OCC1CC1. The summed E-state index contributed by atoms with van der Waals surface area (Å²) in [7, 11) is 0. The molecule has 0 bridgehead atoms. The van der Waals surface area contributed by atoms with Crippen LogP contribution in [0.4, 0.5) is 0 Å². The van der Waals surface area contributed by atoms with Gasteiger partial charge in [0.1, 0.15) is 0 Å². The van der Waals surface area contributed by atoms with E-state index in [0.29, 0.717) is 5.75 Å². The fourth-order valence-corrected chi connectivity index (χ4v) is 1.77. The summed E-state index contributed by atoms with van der Waals surface area (Å²) in [6.45, 7) is 0.744. The van der Waals surface area contributed by atoms with Gasteiger partial charge in [0.05, 0.1) is 10.2 Å². The zero-order valence-corrected chi connectivity index (χ0v) is 9.32. The van der Waals surface area contributed by atoms with Crippen molar-refractivity contribution in [1.29, 1.82) is 0 Å². The van der Waals surface area contributed by atoms with E-state index in [9.17, 15) is 5.11 Å². The molecule has 13 heavy (non-hydrogen) atoms. The van der Waals surface area contributed by atoms with Crippen LogP contribution in [0.2, 0.25) is 0 Å². The molecule has 1 N–H and O–H groups in total. The van der Waals surface area contributed by atoms with Gasteiger partial charge in [-0.05, 0) is 53.5 Å². The highest BCUT2D eigenvalue weighted by Crippen LogP contribution is 2.34. The van der Waals surface area contributed by atoms with Crippen molar-refractivity contribution < 1.29 is 9.84 Å². The Hall–Kier alpha value is -0.450. The first-order valence-corrected chi connectivity index (χ1v) is 5.45. The number of halogens is 1. The Balaban J connectivity index is 2.07. The summed E-state index contributed by atoms with van der Waals surface area (Å²) in [5.74, 6) is 1.60. The van der Waals surface area contributed by atoms with Crippen molar-refractivity contribution in [3.05, 3.63) is 21.8 Å². The van der Waals surface area contributed by atoms with E-state index in [1.807, 2.05) is 12.1 Å². The second-order valence-electron chi connectivity index (χ2n) is 3.34. The number of ether oxygens (including phenoxy) is 1. The highest BCUT2D eigenvalue weighted by Gasteiger charge is 2.22. The lowest BCUT2D eigenvalue weighted by Gasteiger charge is -2.08. The Kier molecular flexibility index (Phi) is 2.62. The minimum Gasteiger partial charge on any atom is -0.504 e. The maximum absolute atomic E-state index is 9.49. The van der Waals surface area contributed by atoms with Gasteiger partial charge in [0.25, 0.3) is 0 Å². The third-order valence-corrected chi connectivity index (χ3v) is 2.96. The topological polar surface area (TPSA) is 29.5 Å². The van der Waals surface area contributed by atoms with Crippen LogP contribution >= 0.6 is 22.6 Å². The van der Waals surface area contributed by atoms with Crippen molar-refractivity contribution in [2.45, 2.75) is 12.8 Å². The van der Waals surface area contributed by atoms with Crippen LogP contribution in [0.5, 0.6) is 11.5 Å². The van der Waals surface area contributed by atoms with E-state index in [1.165, 1.54) is 12.8 Å². The molecule has 0 radical (unpaired) electrons. The number of phenols is 1. The summed E-state index contributed by atoms with van der Waals surface area (Å²) in [5, 5.41) is 9.49. The molecule has 0 saturated heterocycles. The predicted octanol–water partition coefficient (Wildman–Crippen LogP) is 2.79. The van der Waals surface area contributed by atoms with Gasteiger partial charge in [0.2, 0.25) is 0 Å². The lowest BCUT2D eigenvalue weighted by atomic mass is 10.3. The van der Waals surface area contributed by atoms with Crippen molar-refractivity contribution in [3.63, 3.8) is 0 Å². The number of hydrogen-bond acceptors (Lipinski definition) is 2. The number of aromatic hydroxyl groups is 1. The molecule has 2 nitrogen and oxygen atoms in total. The highest BCUT2D eigenvalue weighted by atomic mass is 127. The van der Waals surface area contributed by atoms with Crippen molar-refractivity contribution >= 4 is 22.6 Å². The van der Waals surface area contributed by atoms with Crippen molar-refractivity contribution in [2.24, 2.45) is 5.92 Å². The molecule has 1 aliphatic carbocycles. The number of rotatable bonds is 3. The molecule has 70 valence electrons. The molecule has 1 aromatic rings. The van der Waals surface area contributed by atoms with Crippen LogP contribution in [0.1, 0.15) is 12.8 Å². The van der Waals surface area contributed by atoms with Crippen LogP contribution in [0.15, 0.2) is 18.2 Å². The molecule has 1 aromatic carbocycles. The number of hydrogen-bond donors (Lipinski definition) is 1. The van der Waals surface area contributed by atoms with Crippen molar-refractivity contribution in [1.82, 2.24) is 0 Å². The molecule has 1 saturated carbocycles. The average molecular weight is 290 g/mol. The van der Waals surface area contributed by atoms with Crippen LogP contribution in [0.25, 0.3) is 0 Å². The van der Waals surface area contributed by atoms with E-state index >= 15 is 0 Å². The number of phenolic OH excluding ortho intramolecular Hbond substituents is 1.